The second-order valence-electron chi connectivity index (χ2n) is 6.57. The van der Waals surface area contributed by atoms with Crippen molar-refractivity contribution in [1.82, 2.24) is 19.2 Å². The number of hydrogen-bond acceptors (Lipinski definition) is 4. The Kier molecular flexibility index (Phi) is 4.20. The first-order valence-electron chi connectivity index (χ1n) is 8.49. The summed E-state index contributed by atoms with van der Waals surface area (Å²) in [6.45, 7) is 2.89. The molecule has 0 bridgehead atoms. The lowest BCUT2D eigenvalue weighted by Gasteiger charge is -2.39. The lowest BCUT2D eigenvalue weighted by atomic mass is 10.1. The number of fused-ring (bicyclic) bond motifs is 1. The van der Waals surface area contributed by atoms with Crippen LogP contribution in [0.2, 0.25) is 5.15 Å². The van der Waals surface area contributed by atoms with Crippen LogP contribution in [0, 0.1) is 0 Å². The number of rotatable bonds is 2. The molecule has 2 aliphatic rings. The highest BCUT2D eigenvalue weighted by Gasteiger charge is 2.34. The Labute approximate surface area is 145 Å². The van der Waals surface area contributed by atoms with E-state index in [1.165, 1.54) is 0 Å². The molecule has 1 saturated heterocycles. The van der Waals surface area contributed by atoms with Crippen LogP contribution in [0.1, 0.15) is 29.8 Å². The number of halogens is 1. The molecule has 2 fully saturated rings. The average Bonchev–Trinajstić information content (AvgIpc) is 3.16. The molecule has 2 unspecified atom stereocenters. The molecule has 7 heteroatoms. The molecule has 24 heavy (non-hydrogen) atoms. The fourth-order valence-electron chi connectivity index (χ4n) is 3.91. The molecule has 1 aliphatic heterocycles. The summed E-state index contributed by atoms with van der Waals surface area (Å²) >= 11 is 6.21. The van der Waals surface area contributed by atoms with Crippen molar-refractivity contribution < 1.29 is 9.90 Å². The quantitative estimate of drug-likeness (QED) is 0.896. The Balaban J connectivity index is 1.49. The number of nitrogens with zero attached hydrogens (tertiary/aromatic N) is 4. The number of carbonyl (C=O) groups is 1. The lowest BCUT2D eigenvalue weighted by Crippen LogP contribution is -2.53. The molecular weight excluding hydrogens is 328 g/mol. The topological polar surface area (TPSA) is 61.1 Å². The molecule has 1 saturated carbocycles. The van der Waals surface area contributed by atoms with E-state index < -0.39 is 0 Å². The fourth-order valence-corrected chi connectivity index (χ4v) is 4.17. The molecule has 0 aromatic carbocycles. The van der Waals surface area contributed by atoms with Gasteiger partial charge in [0.25, 0.3) is 5.91 Å². The van der Waals surface area contributed by atoms with Crippen molar-refractivity contribution in [3.63, 3.8) is 0 Å². The highest BCUT2D eigenvalue weighted by Crippen LogP contribution is 2.26. The van der Waals surface area contributed by atoms with Crippen molar-refractivity contribution >= 4 is 23.2 Å². The Morgan fingerprint density at radius 3 is 2.71 bits per heavy atom. The molecular formula is C17H21ClN4O2. The number of carbonyl (C=O) groups excluding carboxylic acids is 1. The second kappa shape index (κ2) is 6.35. The third-order valence-electron chi connectivity index (χ3n) is 5.20. The van der Waals surface area contributed by atoms with Crippen molar-refractivity contribution in [2.24, 2.45) is 0 Å². The number of pyridine rings is 1. The van der Waals surface area contributed by atoms with E-state index in [2.05, 4.69) is 9.88 Å². The van der Waals surface area contributed by atoms with E-state index in [9.17, 15) is 9.90 Å². The van der Waals surface area contributed by atoms with Gasteiger partial charge in [-0.2, -0.15) is 0 Å². The van der Waals surface area contributed by atoms with Crippen LogP contribution in [-0.4, -0.2) is 68.5 Å². The number of aliphatic hydroxyl groups is 1. The molecule has 2 aromatic heterocycles. The second-order valence-corrected chi connectivity index (χ2v) is 6.93. The molecule has 2 atom stereocenters. The van der Waals surface area contributed by atoms with E-state index >= 15 is 0 Å². The highest BCUT2D eigenvalue weighted by atomic mass is 35.5. The third kappa shape index (κ3) is 2.68. The molecule has 3 heterocycles. The number of aliphatic hydroxyl groups excluding tert-OH is 1. The van der Waals surface area contributed by atoms with Gasteiger partial charge in [0.2, 0.25) is 0 Å². The van der Waals surface area contributed by atoms with Crippen molar-refractivity contribution in [3.05, 3.63) is 35.2 Å². The van der Waals surface area contributed by atoms with Crippen LogP contribution in [0.25, 0.3) is 5.65 Å². The maximum atomic E-state index is 12.9. The summed E-state index contributed by atoms with van der Waals surface area (Å²) in [5, 5.41) is 10.3. The first kappa shape index (κ1) is 15.9. The first-order chi connectivity index (χ1) is 11.6. The van der Waals surface area contributed by atoms with Gasteiger partial charge in [0, 0.05) is 38.4 Å². The predicted octanol–water partition coefficient (Wildman–Crippen LogP) is 1.66. The molecule has 6 nitrogen and oxygen atoms in total. The molecule has 1 amide bonds. The van der Waals surface area contributed by atoms with E-state index in [0.29, 0.717) is 24.4 Å². The van der Waals surface area contributed by atoms with Gasteiger partial charge < -0.3 is 10.0 Å². The summed E-state index contributed by atoms with van der Waals surface area (Å²) in [6.07, 6.45) is 4.62. The van der Waals surface area contributed by atoms with Crippen molar-refractivity contribution in [2.75, 3.05) is 26.2 Å². The van der Waals surface area contributed by atoms with Crippen LogP contribution in [0.3, 0.4) is 0 Å². The maximum Gasteiger partial charge on any atom is 0.274 e. The van der Waals surface area contributed by atoms with E-state index in [-0.39, 0.29) is 23.2 Å². The van der Waals surface area contributed by atoms with Gasteiger partial charge >= 0.3 is 0 Å². The van der Waals surface area contributed by atoms with Crippen LogP contribution < -0.4 is 0 Å². The summed E-state index contributed by atoms with van der Waals surface area (Å²) < 4.78 is 1.75. The standard InChI is InChI=1S/C17H21ClN4O2/c18-16-15(22-7-2-1-6-14(22)19-16)17(24)21-10-8-20(9-11-21)12-4-3-5-13(12)23/h1-2,6-7,12-13,23H,3-5,8-11H2. The number of aromatic nitrogens is 2. The zero-order valence-electron chi connectivity index (χ0n) is 13.4. The van der Waals surface area contributed by atoms with Gasteiger partial charge in [-0.15, -0.1) is 0 Å². The number of piperazine rings is 1. The number of imidazole rings is 1. The van der Waals surface area contributed by atoms with Crippen LogP contribution in [-0.2, 0) is 0 Å². The molecule has 4 rings (SSSR count). The predicted molar refractivity (Wildman–Crippen MR) is 91.3 cm³/mol. The number of hydrogen-bond donors (Lipinski definition) is 1. The summed E-state index contributed by atoms with van der Waals surface area (Å²) in [5.41, 5.74) is 1.11. The Morgan fingerprint density at radius 2 is 2.00 bits per heavy atom. The van der Waals surface area contributed by atoms with Crippen molar-refractivity contribution in [1.29, 1.82) is 0 Å². The molecule has 1 N–H and O–H groups in total. The zero-order valence-corrected chi connectivity index (χ0v) is 14.2. The summed E-state index contributed by atoms with van der Waals surface area (Å²) in [4.78, 5) is 21.3. The van der Waals surface area contributed by atoms with Crippen molar-refractivity contribution in [3.8, 4) is 0 Å². The van der Waals surface area contributed by atoms with Gasteiger partial charge in [-0.3, -0.25) is 14.1 Å². The van der Waals surface area contributed by atoms with Crippen LogP contribution in [0.15, 0.2) is 24.4 Å². The summed E-state index contributed by atoms with van der Waals surface area (Å²) in [7, 11) is 0. The smallest absolute Gasteiger partial charge is 0.274 e. The lowest BCUT2D eigenvalue weighted by molar-refractivity contribution is 0.0312. The number of amides is 1. The summed E-state index contributed by atoms with van der Waals surface area (Å²) in [6, 6.07) is 5.82. The van der Waals surface area contributed by atoms with Gasteiger partial charge in [-0.05, 0) is 31.4 Å². The van der Waals surface area contributed by atoms with Gasteiger partial charge in [-0.25, -0.2) is 4.98 Å². The van der Waals surface area contributed by atoms with Crippen LogP contribution >= 0.6 is 11.6 Å². The van der Waals surface area contributed by atoms with Gasteiger partial charge in [0.15, 0.2) is 10.8 Å². The molecule has 0 spiro atoms. The molecule has 0 radical (unpaired) electrons. The SMILES string of the molecule is O=C(c1c(Cl)nc2ccccn12)N1CCN(C2CCCC2O)CC1. The van der Waals surface area contributed by atoms with Crippen LogP contribution in [0.4, 0.5) is 0 Å². The van der Waals surface area contributed by atoms with Crippen LogP contribution in [0.5, 0.6) is 0 Å². The third-order valence-corrected chi connectivity index (χ3v) is 5.47. The van der Waals surface area contributed by atoms with E-state index in [0.717, 1.165) is 32.4 Å². The molecule has 128 valence electrons. The Bertz CT molecular complexity index is 754. The normalized spacial score (nSPS) is 25.5. The largest absolute Gasteiger partial charge is 0.391 e. The summed E-state index contributed by atoms with van der Waals surface area (Å²) in [5.74, 6) is -0.0784. The minimum absolute atomic E-state index is 0.0784. The Morgan fingerprint density at radius 1 is 1.21 bits per heavy atom. The zero-order chi connectivity index (χ0) is 16.7. The fraction of sp³-hybridized carbons (Fsp3) is 0.529. The van der Waals surface area contributed by atoms with E-state index in [4.69, 9.17) is 11.6 Å². The van der Waals surface area contributed by atoms with E-state index in [1.807, 2.05) is 29.3 Å². The molecule has 2 aromatic rings. The minimum Gasteiger partial charge on any atom is -0.391 e. The first-order valence-corrected chi connectivity index (χ1v) is 8.87. The van der Waals surface area contributed by atoms with Gasteiger partial charge in [0.1, 0.15) is 5.65 Å². The Hall–Kier alpha value is -1.63. The van der Waals surface area contributed by atoms with Gasteiger partial charge in [-0.1, -0.05) is 17.7 Å². The van der Waals surface area contributed by atoms with E-state index in [1.54, 1.807) is 4.40 Å². The average molecular weight is 349 g/mol. The van der Waals surface area contributed by atoms with Gasteiger partial charge in [0.05, 0.1) is 6.10 Å². The molecule has 1 aliphatic carbocycles. The van der Waals surface area contributed by atoms with Crippen molar-refractivity contribution in [2.45, 2.75) is 31.4 Å². The minimum atomic E-state index is -0.222. The maximum absolute atomic E-state index is 12.9. The monoisotopic (exact) mass is 348 g/mol. The highest BCUT2D eigenvalue weighted by molar-refractivity contribution is 6.32.